The fourth-order valence-corrected chi connectivity index (χ4v) is 4.80. The van der Waals surface area contributed by atoms with Gasteiger partial charge < -0.3 is 19.5 Å². The van der Waals surface area contributed by atoms with Crippen molar-refractivity contribution in [2.45, 2.75) is 12.0 Å². The number of hydrogen-bond acceptors (Lipinski definition) is 4. The van der Waals surface area contributed by atoms with Gasteiger partial charge in [-0.2, -0.15) is 0 Å². The number of aliphatic carboxylic acids is 1. The molecule has 3 aliphatic rings. The molecule has 28 heavy (non-hydrogen) atoms. The minimum atomic E-state index is -0.859. The van der Waals surface area contributed by atoms with Crippen molar-refractivity contribution in [1.82, 2.24) is 4.90 Å². The highest BCUT2D eigenvalue weighted by Gasteiger charge is 2.48. The molecule has 0 unspecified atom stereocenters. The van der Waals surface area contributed by atoms with Crippen molar-refractivity contribution in [1.29, 1.82) is 0 Å². The van der Waals surface area contributed by atoms with Gasteiger partial charge in [0.25, 0.3) is 0 Å². The van der Waals surface area contributed by atoms with Gasteiger partial charge in [-0.25, -0.2) is 4.79 Å². The van der Waals surface area contributed by atoms with E-state index in [1.807, 2.05) is 24.3 Å². The van der Waals surface area contributed by atoms with Crippen LogP contribution in [-0.2, 0) is 14.3 Å². The molecule has 0 saturated carbocycles. The molecule has 0 aromatic heterocycles. The molecule has 6 nitrogen and oxygen atoms in total. The Morgan fingerprint density at radius 1 is 1.04 bits per heavy atom. The van der Waals surface area contributed by atoms with E-state index >= 15 is 0 Å². The molecule has 144 valence electrons. The van der Waals surface area contributed by atoms with Crippen LogP contribution in [0.5, 0.6) is 0 Å². The molecule has 6 heteroatoms. The molecule has 2 fully saturated rings. The molecule has 2 aliphatic heterocycles. The van der Waals surface area contributed by atoms with Crippen LogP contribution < -0.4 is 0 Å². The highest BCUT2D eigenvalue weighted by Crippen LogP contribution is 2.44. The van der Waals surface area contributed by atoms with Gasteiger partial charge in [-0.3, -0.25) is 4.79 Å². The van der Waals surface area contributed by atoms with Crippen LogP contribution in [0.2, 0.25) is 0 Å². The summed E-state index contributed by atoms with van der Waals surface area (Å²) in [5.41, 5.74) is 4.72. The van der Waals surface area contributed by atoms with Crippen molar-refractivity contribution in [2.24, 2.45) is 11.8 Å². The Hall–Kier alpha value is -2.86. The van der Waals surface area contributed by atoms with E-state index in [0.29, 0.717) is 13.1 Å². The van der Waals surface area contributed by atoms with Crippen LogP contribution in [0.25, 0.3) is 11.1 Å². The summed E-state index contributed by atoms with van der Waals surface area (Å²) in [6.45, 7) is 1.26. The number of nitrogens with zero attached hydrogens (tertiary/aromatic N) is 1. The Labute approximate surface area is 162 Å². The van der Waals surface area contributed by atoms with Gasteiger partial charge >= 0.3 is 12.1 Å². The standard InChI is InChI=1S/C22H21NO5/c24-21(25)19-12-27-20-10-23(9-17(19)20)22(26)28-11-18-15-7-3-1-5-13(15)14-6-2-4-8-16(14)18/h1-8,17-20H,9-12H2,(H,24,25)/t17-,19-,20-/m1/s1. The normalized spacial score (nSPS) is 25.3. The number of fused-ring (bicyclic) bond motifs is 4. The summed E-state index contributed by atoms with van der Waals surface area (Å²) in [7, 11) is 0. The maximum atomic E-state index is 12.6. The number of carboxylic acids is 1. The summed E-state index contributed by atoms with van der Waals surface area (Å²) in [6.07, 6.45) is -0.606. The molecule has 1 N–H and O–H groups in total. The highest BCUT2D eigenvalue weighted by molar-refractivity contribution is 5.79. The van der Waals surface area contributed by atoms with E-state index in [9.17, 15) is 14.7 Å². The minimum Gasteiger partial charge on any atom is -0.481 e. The van der Waals surface area contributed by atoms with Crippen LogP contribution in [0.15, 0.2) is 48.5 Å². The Bertz CT molecular complexity index is 897. The van der Waals surface area contributed by atoms with E-state index < -0.39 is 18.0 Å². The van der Waals surface area contributed by atoms with E-state index in [-0.39, 0.29) is 31.2 Å². The Balaban J connectivity index is 1.29. The first kappa shape index (κ1) is 17.3. The number of carbonyl (C=O) groups is 2. The van der Waals surface area contributed by atoms with Crippen LogP contribution >= 0.6 is 0 Å². The molecule has 2 aromatic rings. The Kier molecular flexibility index (Phi) is 4.09. The first-order chi connectivity index (χ1) is 13.6. The van der Waals surface area contributed by atoms with Crippen molar-refractivity contribution in [2.75, 3.05) is 26.3 Å². The van der Waals surface area contributed by atoms with Gasteiger partial charge in [-0.1, -0.05) is 48.5 Å². The predicted molar refractivity (Wildman–Crippen MR) is 101 cm³/mol. The van der Waals surface area contributed by atoms with Crippen molar-refractivity contribution in [3.63, 3.8) is 0 Å². The summed E-state index contributed by atoms with van der Waals surface area (Å²) < 4.78 is 11.2. The summed E-state index contributed by atoms with van der Waals surface area (Å²) in [5, 5.41) is 9.30. The van der Waals surface area contributed by atoms with Crippen LogP contribution in [0, 0.1) is 11.8 Å². The monoisotopic (exact) mass is 379 g/mol. The number of benzene rings is 2. The summed E-state index contributed by atoms with van der Waals surface area (Å²) in [4.78, 5) is 25.6. The van der Waals surface area contributed by atoms with E-state index in [0.717, 1.165) is 0 Å². The molecule has 2 aromatic carbocycles. The highest BCUT2D eigenvalue weighted by atomic mass is 16.6. The Morgan fingerprint density at radius 2 is 1.68 bits per heavy atom. The van der Waals surface area contributed by atoms with Gasteiger partial charge in [0.1, 0.15) is 6.61 Å². The summed E-state index contributed by atoms with van der Waals surface area (Å²) in [6, 6.07) is 16.4. The number of amides is 1. The molecule has 2 heterocycles. The van der Waals surface area contributed by atoms with Crippen molar-refractivity contribution in [3.05, 3.63) is 59.7 Å². The lowest BCUT2D eigenvalue weighted by molar-refractivity contribution is -0.142. The molecule has 1 aliphatic carbocycles. The average Bonchev–Trinajstić information content (AvgIpc) is 3.37. The van der Waals surface area contributed by atoms with Gasteiger partial charge in [0.05, 0.1) is 25.2 Å². The lowest BCUT2D eigenvalue weighted by atomic mass is 9.93. The summed E-state index contributed by atoms with van der Waals surface area (Å²) in [5.74, 6) is -1.54. The summed E-state index contributed by atoms with van der Waals surface area (Å²) >= 11 is 0. The molecular formula is C22H21NO5. The predicted octanol–water partition coefficient (Wildman–Crippen LogP) is 2.97. The van der Waals surface area contributed by atoms with Crippen molar-refractivity contribution < 1.29 is 24.2 Å². The maximum absolute atomic E-state index is 12.6. The number of rotatable bonds is 3. The zero-order valence-electron chi connectivity index (χ0n) is 15.3. The average molecular weight is 379 g/mol. The first-order valence-corrected chi connectivity index (χ1v) is 9.58. The van der Waals surface area contributed by atoms with Crippen LogP contribution in [0.4, 0.5) is 4.79 Å². The molecule has 2 saturated heterocycles. The largest absolute Gasteiger partial charge is 0.481 e. The molecule has 1 amide bonds. The molecule has 3 atom stereocenters. The van der Waals surface area contributed by atoms with Gasteiger partial charge in [0.15, 0.2) is 0 Å². The SMILES string of the molecule is O=C(O)[C@@H]1CO[C@@H]2CN(C(=O)OCC3c4ccccc4-c4ccccc43)C[C@@H]21. The van der Waals surface area contributed by atoms with Gasteiger partial charge in [0.2, 0.25) is 0 Å². The van der Waals surface area contributed by atoms with E-state index in [1.165, 1.54) is 22.3 Å². The molecule has 0 bridgehead atoms. The van der Waals surface area contributed by atoms with Gasteiger partial charge in [-0.15, -0.1) is 0 Å². The second-order valence-electron chi connectivity index (χ2n) is 7.69. The van der Waals surface area contributed by atoms with Crippen LogP contribution in [0.1, 0.15) is 17.0 Å². The number of carboxylic acid groups (broad SMARTS) is 1. The number of ether oxygens (including phenoxy) is 2. The maximum Gasteiger partial charge on any atom is 0.409 e. The number of likely N-dealkylation sites (tertiary alicyclic amines) is 1. The first-order valence-electron chi connectivity index (χ1n) is 9.58. The third-order valence-electron chi connectivity index (χ3n) is 6.23. The fraction of sp³-hybridized carbons (Fsp3) is 0.364. The zero-order valence-corrected chi connectivity index (χ0v) is 15.3. The fourth-order valence-electron chi connectivity index (χ4n) is 4.80. The van der Waals surface area contributed by atoms with E-state index in [2.05, 4.69) is 24.3 Å². The molecule has 0 spiro atoms. The quantitative estimate of drug-likeness (QED) is 0.887. The Morgan fingerprint density at radius 3 is 2.32 bits per heavy atom. The topological polar surface area (TPSA) is 76.1 Å². The van der Waals surface area contributed by atoms with Crippen LogP contribution in [-0.4, -0.2) is 54.5 Å². The molecular weight excluding hydrogens is 358 g/mol. The van der Waals surface area contributed by atoms with Gasteiger partial charge in [0, 0.05) is 18.4 Å². The van der Waals surface area contributed by atoms with Crippen molar-refractivity contribution in [3.8, 4) is 11.1 Å². The lowest BCUT2D eigenvalue weighted by Gasteiger charge is -2.20. The van der Waals surface area contributed by atoms with Crippen molar-refractivity contribution >= 4 is 12.1 Å². The molecule has 0 radical (unpaired) electrons. The van der Waals surface area contributed by atoms with Crippen LogP contribution in [0.3, 0.4) is 0 Å². The minimum absolute atomic E-state index is 0.0153. The second kappa shape index (κ2) is 6.63. The lowest BCUT2D eigenvalue weighted by Crippen LogP contribution is -2.33. The molecule has 5 rings (SSSR count). The smallest absolute Gasteiger partial charge is 0.409 e. The third-order valence-corrected chi connectivity index (χ3v) is 6.23. The zero-order chi connectivity index (χ0) is 19.3. The number of hydrogen-bond donors (Lipinski definition) is 1. The van der Waals surface area contributed by atoms with E-state index in [4.69, 9.17) is 9.47 Å². The van der Waals surface area contributed by atoms with E-state index in [1.54, 1.807) is 4.90 Å². The van der Waals surface area contributed by atoms with Gasteiger partial charge in [-0.05, 0) is 22.3 Å². The second-order valence-corrected chi connectivity index (χ2v) is 7.69. The number of carbonyl (C=O) groups excluding carboxylic acids is 1. The third kappa shape index (κ3) is 2.67.